The molecule has 0 bridgehead atoms. The van der Waals surface area contributed by atoms with Gasteiger partial charge in [-0.2, -0.15) is 0 Å². The van der Waals surface area contributed by atoms with E-state index in [0.717, 1.165) is 12.4 Å². The van der Waals surface area contributed by atoms with E-state index in [4.69, 9.17) is 4.74 Å². The van der Waals surface area contributed by atoms with E-state index < -0.39 is 0 Å². The summed E-state index contributed by atoms with van der Waals surface area (Å²) in [5.74, 6) is 3.80. The van der Waals surface area contributed by atoms with Gasteiger partial charge in [0.2, 0.25) is 4.90 Å². The predicted octanol–water partition coefficient (Wildman–Crippen LogP) is 4.01. The van der Waals surface area contributed by atoms with Crippen LogP contribution in [-0.4, -0.2) is 18.1 Å². The van der Waals surface area contributed by atoms with Crippen molar-refractivity contribution in [3.63, 3.8) is 0 Å². The van der Waals surface area contributed by atoms with Gasteiger partial charge in [0.1, 0.15) is 11.5 Å². The third-order valence-corrected chi connectivity index (χ3v) is 6.02. The van der Waals surface area contributed by atoms with Gasteiger partial charge >= 0.3 is 0 Å². The zero-order valence-electron chi connectivity index (χ0n) is 10.8. The van der Waals surface area contributed by atoms with E-state index in [9.17, 15) is 0 Å². The van der Waals surface area contributed by atoms with Crippen LogP contribution < -0.4 is 4.74 Å². The number of rotatable bonds is 3. The van der Waals surface area contributed by atoms with Crippen molar-refractivity contribution in [2.75, 3.05) is 18.1 Å². The Balaban J connectivity index is 2.17. The van der Waals surface area contributed by atoms with Gasteiger partial charge in [0.15, 0.2) is 5.75 Å². The molecule has 0 spiro atoms. The molecule has 3 rings (SSSR count). The van der Waals surface area contributed by atoms with Crippen LogP contribution in [0.2, 0.25) is 0 Å². The quantitative estimate of drug-likeness (QED) is 0.757. The molecule has 1 fully saturated rings. The van der Waals surface area contributed by atoms with E-state index in [-0.39, 0.29) is 0 Å². The summed E-state index contributed by atoms with van der Waals surface area (Å²) in [6, 6.07) is 13.0. The molecule has 1 heterocycles. The van der Waals surface area contributed by atoms with Crippen LogP contribution in [0.25, 0.3) is 10.8 Å². The molecule has 0 radical (unpaired) electrons. The Labute approximate surface area is 112 Å². The molecular formula is C16H19OS+. The molecule has 0 aliphatic carbocycles. The molecule has 1 nitrogen and oxygen atoms in total. The second-order valence-electron chi connectivity index (χ2n) is 4.66. The SMILES string of the molecule is CCOc1ccc2ccccc2c1[S+]1CCCC1. The van der Waals surface area contributed by atoms with Gasteiger partial charge in [0.05, 0.1) is 6.61 Å². The van der Waals surface area contributed by atoms with Crippen molar-refractivity contribution in [2.24, 2.45) is 0 Å². The molecule has 2 aromatic carbocycles. The highest BCUT2D eigenvalue weighted by molar-refractivity contribution is 7.97. The van der Waals surface area contributed by atoms with Crippen LogP contribution >= 0.6 is 0 Å². The summed E-state index contributed by atoms with van der Waals surface area (Å²) in [6.07, 6.45) is 2.75. The van der Waals surface area contributed by atoms with Gasteiger partial charge in [-0.15, -0.1) is 0 Å². The Hall–Kier alpha value is -1.15. The van der Waals surface area contributed by atoms with Crippen LogP contribution in [0.1, 0.15) is 19.8 Å². The summed E-state index contributed by atoms with van der Waals surface area (Å²) >= 11 is 0. The van der Waals surface area contributed by atoms with Gasteiger partial charge in [-0.1, -0.05) is 24.3 Å². The summed E-state index contributed by atoms with van der Waals surface area (Å²) in [5, 5.41) is 2.74. The van der Waals surface area contributed by atoms with Gasteiger partial charge in [0.25, 0.3) is 0 Å². The summed E-state index contributed by atoms with van der Waals surface area (Å²) < 4.78 is 5.86. The van der Waals surface area contributed by atoms with Crippen molar-refractivity contribution in [3.8, 4) is 5.75 Å². The Kier molecular flexibility index (Phi) is 3.46. The average molecular weight is 259 g/mol. The van der Waals surface area contributed by atoms with Crippen molar-refractivity contribution in [2.45, 2.75) is 24.7 Å². The zero-order chi connectivity index (χ0) is 12.4. The normalized spacial score (nSPS) is 16.3. The first-order chi connectivity index (χ1) is 8.90. The molecule has 2 heteroatoms. The fraction of sp³-hybridized carbons (Fsp3) is 0.375. The molecule has 0 aromatic heterocycles. The lowest BCUT2D eigenvalue weighted by atomic mass is 10.1. The molecule has 94 valence electrons. The monoisotopic (exact) mass is 259 g/mol. The second-order valence-corrected chi connectivity index (χ2v) is 6.87. The fourth-order valence-corrected chi connectivity index (χ4v) is 5.27. The maximum atomic E-state index is 5.86. The van der Waals surface area contributed by atoms with Crippen molar-refractivity contribution < 1.29 is 4.74 Å². The van der Waals surface area contributed by atoms with Crippen molar-refractivity contribution in [1.29, 1.82) is 0 Å². The Morgan fingerprint density at radius 2 is 1.83 bits per heavy atom. The molecular weight excluding hydrogens is 240 g/mol. The highest BCUT2D eigenvalue weighted by Crippen LogP contribution is 2.36. The Morgan fingerprint density at radius 3 is 2.61 bits per heavy atom. The molecule has 1 aliphatic rings. The molecule has 0 N–H and O–H groups in total. The first kappa shape index (κ1) is 11.9. The molecule has 0 saturated carbocycles. The molecule has 2 aromatic rings. The van der Waals surface area contributed by atoms with E-state index in [1.165, 1.54) is 40.0 Å². The van der Waals surface area contributed by atoms with E-state index >= 15 is 0 Å². The number of hydrogen-bond acceptors (Lipinski definition) is 1. The average Bonchev–Trinajstić information content (AvgIpc) is 2.92. The lowest BCUT2D eigenvalue weighted by Gasteiger charge is -2.11. The van der Waals surface area contributed by atoms with Crippen LogP contribution in [0.5, 0.6) is 5.75 Å². The molecule has 0 atom stereocenters. The van der Waals surface area contributed by atoms with Crippen LogP contribution in [0.15, 0.2) is 41.3 Å². The number of hydrogen-bond donors (Lipinski definition) is 0. The number of benzene rings is 2. The first-order valence-corrected chi connectivity index (χ1v) is 8.28. The smallest absolute Gasteiger partial charge is 0.204 e. The van der Waals surface area contributed by atoms with E-state index in [2.05, 4.69) is 43.3 Å². The van der Waals surface area contributed by atoms with Gasteiger partial charge in [-0.05, 0) is 37.3 Å². The maximum absolute atomic E-state index is 5.86. The lowest BCUT2D eigenvalue weighted by molar-refractivity contribution is 0.333. The largest absolute Gasteiger partial charge is 0.489 e. The van der Waals surface area contributed by atoms with E-state index in [1.807, 2.05) is 0 Å². The van der Waals surface area contributed by atoms with Crippen LogP contribution in [0.3, 0.4) is 0 Å². The zero-order valence-corrected chi connectivity index (χ0v) is 11.6. The molecule has 0 unspecified atom stereocenters. The van der Waals surface area contributed by atoms with Crippen LogP contribution in [0.4, 0.5) is 0 Å². The first-order valence-electron chi connectivity index (χ1n) is 6.72. The van der Waals surface area contributed by atoms with Crippen molar-refractivity contribution in [3.05, 3.63) is 36.4 Å². The molecule has 1 saturated heterocycles. The Morgan fingerprint density at radius 1 is 1.06 bits per heavy atom. The minimum atomic E-state index is 0.397. The summed E-state index contributed by atoms with van der Waals surface area (Å²) in [7, 11) is 0.397. The highest BCUT2D eigenvalue weighted by atomic mass is 32.2. The fourth-order valence-electron chi connectivity index (χ4n) is 2.65. The third kappa shape index (κ3) is 2.10. The van der Waals surface area contributed by atoms with Gasteiger partial charge < -0.3 is 4.74 Å². The molecule has 1 aliphatic heterocycles. The summed E-state index contributed by atoms with van der Waals surface area (Å²) in [4.78, 5) is 1.48. The minimum absolute atomic E-state index is 0.397. The second kappa shape index (κ2) is 5.23. The van der Waals surface area contributed by atoms with Crippen molar-refractivity contribution >= 4 is 21.7 Å². The topological polar surface area (TPSA) is 9.23 Å². The molecule has 0 amide bonds. The third-order valence-electron chi connectivity index (χ3n) is 3.46. The lowest BCUT2D eigenvalue weighted by Crippen LogP contribution is -2.08. The van der Waals surface area contributed by atoms with E-state index in [1.54, 1.807) is 0 Å². The number of fused-ring (bicyclic) bond motifs is 1. The van der Waals surface area contributed by atoms with Gasteiger partial charge in [0, 0.05) is 16.3 Å². The standard InChI is InChI=1S/C16H19OS/c1-2-17-15-10-9-13-7-3-4-8-14(13)16(15)18-11-5-6-12-18/h3-4,7-10H,2,5-6,11-12H2,1H3/q+1. The summed E-state index contributed by atoms with van der Waals surface area (Å²) in [6.45, 7) is 2.82. The molecule has 18 heavy (non-hydrogen) atoms. The van der Waals surface area contributed by atoms with Crippen molar-refractivity contribution in [1.82, 2.24) is 0 Å². The van der Waals surface area contributed by atoms with Crippen LogP contribution in [0, 0.1) is 0 Å². The summed E-state index contributed by atoms with van der Waals surface area (Å²) in [5.41, 5.74) is 0. The Bertz CT molecular complexity index is 544. The maximum Gasteiger partial charge on any atom is 0.204 e. The number of ether oxygens (including phenoxy) is 1. The van der Waals surface area contributed by atoms with Gasteiger partial charge in [-0.25, -0.2) is 0 Å². The van der Waals surface area contributed by atoms with Gasteiger partial charge in [-0.3, -0.25) is 0 Å². The van der Waals surface area contributed by atoms with E-state index in [0.29, 0.717) is 10.9 Å². The minimum Gasteiger partial charge on any atom is -0.489 e. The highest BCUT2D eigenvalue weighted by Gasteiger charge is 2.32. The predicted molar refractivity (Wildman–Crippen MR) is 79.7 cm³/mol. The van der Waals surface area contributed by atoms with Crippen LogP contribution in [-0.2, 0) is 10.9 Å².